The van der Waals surface area contributed by atoms with Gasteiger partial charge in [0.05, 0.1) is 17.8 Å². The molecule has 134 valence electrons. The van der Waals surface area contributed by atoms with Gasteiger partial charge < -0.3 is 4.74 Å². The zero-order chi connectivity index (χ0) is 18.7. The van der Waals surface area contributed by atoms with Crippen molar-refractivity contribution in [2.45, 2.75) is 26.1 Å². The fraction of sp³-hybridized carbons (Fsp3) is 0.211. The number of hydroxylamine groups is 1. The molecule has 0 aliphatic carbocycles. The van der Waals surface area contributed by atoms with Crippen LogP contribution in [0, 0.1) is 0 Å². The second-order valence-electron chi connectivity index (χ2n) is 6.29. The molecule has 3 rings (SSSR count). The third-order valence-electron chi connectivity index (χ3n) is 4.10. The van der Waals surface area contributed by atoms with Crippen molar-refractivity contribution in [1.29, 1.82) is 0 Å². The lowest BCUT2D eigenvalue weighted by molar-refractivity contribution is -0.153. The van der Waals surface area contributed by atoms with E-state index in [1.165, 1.54) is 18.5 Å². The van der Waals surface area contributed by atoms with Crippen molar-refractivity contribution in [3.05, 3.63) is 65.9 Å². The molecule has 1 amide bonds. The highest BCUT2D eigenvalue weighted by molar-refractivity contribution is 6.01. The molecule has 0 fully saturated rings. The van der Waals surface area contributed by atoms with Crippen molar-refractivity contribution < 1.29 is 19.5 Å². The van der Waals surface area contributed by atoms with E-state index in [0.29, 0.717) is 16.8 Å². The summed E-state index contributed by atoms with van der Waals surface area (Å²) >= 11 is 0. The van der Waals surface area contributed by atoms with Crippen LogP contribution in [0.15, 0.2) is 54.6 Å². The molecule has 1 aromatic heterocycles. The Hall–Kier alpha value is -3.03. The maximum Gasteiger partial charge on any atom is 0.278 e. The van der Waals surface area contributed by atoms with Gasteiger partial charge in [-0.3, -0.25) is 14.8 Å². The molecule has 7 nitrogen and oxygen atoms in total. The lowest BCUT2D eigenvalue weighted by Crippen LogP contribution is -2.42. The van der Waals surface area contributed by atoms with Crippen LogP contribution in [0.3, 0.4) is 0 Å². The van der Waals surface area contributed by atoms with Gasteiger partial charge in [0.15, 0.2) is 0 Å². The van der Waals surface area contributed by atoms with E-state index in [1.807, 2.05) is 24.3 Å². The highest BCUT2D eigenvalue weighted by Gasteiger charge is 2.29. The van der Waals surface area contributed by atoms with Gasteiger partial charge in [0.25, 0.3) is 11.8 Å². The average molecular weight is 353 g/mol. The van der Waals surface area contributed by atoms with E-state index in [4.69, 9.17) is 9.94 Å². The minimum absolute atomic E-state index is 0.00992. The van der Waals surface area contributed by atoms with Crippen molar-refractivity contribution in [3.8, 4) is 0 Å². The van der Waals surface area contributed by atoms with Gasteiger partial charge >= 0.3 is 0 Å². The number of nitrogens with zero attached hydrogens (tertiary/aromatic N) is 2. The van der Waals surface area contributed by atoms with Crippen LogP contribution in [0.1, 0.15) is 29.9 Å². The van der Waals surface area contributed by atoms with Crippen LogP contribution in [0.4, 0.5) is 0 Å². The number of benzene rings is 2. The predicted molar refractivity (Wildman–Crippen MR) is 94.7 cm³/mol. The Bertz CT molecular complexity index is 948. The smallest absolute Gasteiger partial charge is 0.278 e. The highest BCUT2D eigenvalue weighted by atomic mass is 16.5. The number of ether oxygens (including phenoxy) is 1. The number of nitrogens with one attached hydrogen (secondary N) is 1. The first kappa shape index (κ1) is 17.8. The van der Waals surface area contributed by atoms with Crippen LogP contribution >= 0.6 is 0 Å². The van der Waals surface area contributed by atoms with Crippen LogP contribution in [-0.2, 0) is 16.1 Å². The average Bonchev–Trinajstić information content (AvgIpc) is 3.04. The topological polar surface area (TPSA) is 93.5 Å². The molecule has 2 aromatic carbocycles. The van der Waals surface area contributed by atoms with Crippen LogP contribution in [0.2, 0.25) is 0 Å². The Morgan fingerprint density at radius 2 is 1.77 bits per heavy atom. The van der Waals surface area contributed by atoms with Crippen molar-refractivity contribution in [1.82, 2.24) is 15.3 Å². The van der Waals surface area contributed by atoms with Crippen LogP contribution < -0.4 is 5.48 Å². The molecule has 3 aromatic rings. The van der Waals surface area contributed by atoms with Crippen molar-refractivity contribution in [2.75, 3.05) is 0 Å². The fourth-order valence-corrected chi connectivity index (χ4v) is 2.54. The van der Waals surface area contributed by atoms with E-state index >= 15 is 0 Å². The quantitative estimate of drug-likeness (QED) is 0.543. The summed E-state index contributed by atoms with van der Waals surface area (Å²) in [5, 5.41) is 14.0. The van der Waals surface area contributed by atoms with Gasteiger partial charge in [-0.05, 0) is 32.0 Å². The molecule has 0 saturated heterocycles. The van der Waals surface area contributed by atoms with Crippen LogP contribution in [0.5, 0.6) is 0 Å². The lowest BCUT2D eigenvalue weighted by Gasteiger charge is -2.21. The molecule has 2 N–H and O–H groups in total. The second kappa shape index (κ2) is 7.07. The van der Waals surface area contributed by atoms with E-state index in [9.17, 15) is 9.59 Å². The van der Waals surface area contributed by atoms with Gasteiger partial charge in [0.1, 0.15) is 5.60 Å². The minimum Gasteiger partial charge on any atom is -0.359 e. The third-order valence-corrected chi connectivity index (χ3v) is 4.10. The third kappa shape index (κ3) is 3.35. The molecule has 7 heteroatoms. The van der Waals surface area contributed by atoms with E-state index in [2.05, 4.69) is 5.10 Å². The SMILES string of the molecule is CC(C)(OCc1nn(C(=O)c2ccccc2)c2ccccc12)C(=O)NO. The van der Waals surface area contributed by atoms with Gasteiger partial charge in [0, 0.05) is 10.9 Å². The first-order valence-electron chi connectivity index (χ1n) is 8.09. The molecule has 0 atom stereocenters. The minimum atomic E-state index is -1.25. The first-order valence-corrected chi connectivity index (χ1v) is 8.09. The van der Waals surface area contributed by atoms with E-state index < -0.39 is 11.5 Å². The number of rotatable bonds is 5. The molecular formula is C19H19N3O4. The molecule has 0 radical (unpaired) electrons. The van der Waals surface area contributed by atoms with Gasteiger partial charge in [-0.1, -0.05) is 36.4 Å². The Morgan fingerprint density at radius 1 is 1.12 bits per heavy atom. The monoisotopic (exact) mass is 353 g/mol. The number of para-hydroxylation sites is 1. The maximum atomic E-state index is 12.8. The summed E-state index contributed by atoms with van der Waals surface area (Å²) in [5.74, 6) is -0.915. The first-order chi connectivity index (χ1) is 12.4. The molecule has 0 aliphatic heterocycles. The Labute approximate surface area is 150 Å². The number of hydrogen-bond acceptors (Lipinski definition) is 5. The Morgan fingerprint density at radius 3 is 2.46 bits per heavy atom. The van der Waals surface area contributed by atoms with Crippen molar-refractivity contribution >= 4 is 22.7 Å². The van der Waals surface area contributed by atoms with Crippen molar-refractivity contribution in [2.24, 2.45) is 0 Å². The predicted octanol–water partition coefficient (Wildman–Crippen LogP) is 2.53. The van der Waals surface area contributed by atoms with E-state index in [0.717, 1.165) is 5.39 Å². The van der Waals surface area contributed by atoms with Gasteiger partial charge in [-0.25, -0.2) is 5.48 Å². The molecule has 1 heterocycles. The summed E-state index contributed by atoms with van der Waals surface area (Å²) in [7, 11) is 0. The number of carbonyl (C=O) groups is 2. The van der Waals surface area contributed by atoms with Crippen LogP contribution in [0.25, 0.3) is 10.9 Å². The fourth-order valence-electron chi connectivity index (χ4n) is 2.54. The molecule has 0 unspecified atom stereocenters. The molecule has 0 saturated carbocycles. The summed E-state index contributed by atoms with van der Waals surface area (Å²) in [4.78, 5) is 24.4. The zero-order valence-corrected chi connectivity index (χ0v) is 14.5. The van der Waals surface area contributed by atoms with Gasteiger partial charge in [0.2, 0.25) is 0 Å². The van der Waals surface area contributed by atoms with Gasteiger partial charge in [-0.2, -0.15) is 9.78 Å². The molecule has 0 aliphatic rings. The highest BCUT2D eigenvalue weighted by Crippen LogP contribution is 2.22. The molecule has 26 heavy (non-hydrogen) atoms. The number of amides is 1. The standard InChI is InChI=1S/C19H19N3O4/c1-19(2,18(24)21-25)26-12-15-14-10-6-7-11-16(14)22(20-15)17(23)13-8-4-3-5-9-13/h3-11,25H,12H2,1-2H3,(H,21,24). The van der Waals surface area contributed by atoms with E-state index in [1.54, 1.807) is 35.8 Å². The zero-order valence-electron chi connectivity index (χ0n) is 14.5. The summed E-state index contributed by atoms with van der Waals surface area (Å²) in [6, 6.07) is 16.2. The number of hydrogen-bond donors (Lipinski definition) is 2. The second-order valence-corrected chi connectivity index (χ2v) is 6.29. The summed E-state index contributed by atoms with van der Waals surface area (Å²) < 4.78 is 6.95. The number of carbonyl (C=O) groups excluding carboxylic acids is 2. The molecule has 0 bridgehead atoms. The lowest BCUT2D eigenvalue weighted by atomic mass is 10.1. The Balaban J connectivity index is 1.96. The number of fused-ring (bicyclic) bond motifs is 1. The Kier molecular flexibility index (Phi) is 4.83. The normalized spacial score (nSPS) is 11.5. The summed E-state index contributed by atoms with van der Waals surface area (Å²) in [6.07, 6.45) is 0. The van der Waals surface area contributed by atoms with Gasteiger partial charge in [-0.15, -0.1) is 0 Å². The summed E-state index contributed by atoms with van der Waals surface area (Å²) in [5.41, 5.74) is 2.04. The van der Waals surface area contributed by atoms with Crippen LogP contribution in [-0.4, -0.2) is 32.4 Å². The van der Waals surface area contributed by atoms with Crippen molar-refractivity contribution in [3.63, 3.8) is 0 Å². The largest absolute Gasteiger partial charge is 0.359 e. The molecule has 0 spiro atoms. The number of aromatic nitrogens is 2. The summed E-state index contributed by atoms with van der Waals surface area (Å²) in [6.45, 7) is 3.08. The maximum absolute atomic E-state index is 12.8. The van der Waals surface area contributed by atoms with E-state index in [-0.39, 0.29) is 12.5 Å². The molecular weight excluding hydrogens is 334 g/mol.